The number of hydrogen-bond acceptors (Lipinski definition) is 7. The summed E-state index contributed by atoms with van der Waals surface area (Å²) in [5, 5.41) is 11.2. The van der Waals surface area contributed by atoms with Gasteiger partial charge in [-0.2, -0.15) is 0 Å². The van der Waals surface area contributed by atoms with Crippen LogP contribution in [0.4, 0.5) is 19.3 Å². The van der Waals surface area contributed by atoms with E-state index in [-0.39, 0.29) is 12.0 Å². The van der Waals surface area contributed by atoms with Gasteiger partial charge in [0.1, 0.15) is 0 Å². The van der Waals surface area contributed by atoms with Crippen molar-refractivity contribution >= 4 is 30.9 Å². The van der Waals surface area contributed by atoms with Crippen LogP contribution in [0.5, 0.6) is 0 Å². The van der Waals surface area contributed by atoms with Crippen LogP contribution in [0.2, 0.25) is 0 Å². The molecule has 1 heterocycles. The van der Waals surface area contributed by atoms with E-state index >= 15 is 0 Å². The molecule has 1 N–H and O–H groups in total. The van der Waals surface area contributed by atoms with Gasteiger partial charge >= 0.3 is 167 Å². The number of nitrogens with zero attached hydrogens (tertiary/aromatic N) is 3. The van der Waals surface area contributed by atoms with E-state index in [1.165, 1.54) is 6.26 Å². The van der Waals surface area contributed by atoms with Gasteiger partial charge in [-0.05, 0) is 0 Å². The summed E-state index contributed by atoms with van der Waals surface area (Å²) in [5.74, 6) is -1.85. The van der Waals surface area contributed by atoms with E-state index in [1.54, 1.807) is 30.6 Å². The number of alkyl carbamates (subject to hydrolysis) is 1. The first kappa shape index (κ1) is 22.1. The average Bonchev–Trinajstić information content (AvgIpc) is 2.63. The van der Waals surface area contributed by atoms with Crippen molar-refractivity contribution in [1.82, 2.24) is 10.2 Å². The minimum atomic E-state index is -0.924. The first-order chi connectivity index (χ1) is 13.6. The van der Waals surface area contributed by atoms with Crippen molar-refractivity contribution in [2.75, 3.05) is 31.1 Å². The van der Waals surface area contributed by atoms with E-state index in [2.05, 4.69) is 9.97 Å². The van der Waals surface area contributed by atoms with Gasteiger partial charge in [0.2, 0.25) is 0 Å². The van der Waals surface area contributed by atoms with Gasteiger partial charge in [-0.1, -0.05) is 0 Å². The van der Waals surface area contributed by atoms with E-state index < -0.39 is 28.9 Å². The Morgan fingerprint density at radius 1 is 1.24 bits per heavy atom. The molecular formula is C18H21BF2N4O4. The molecule has 1 amide bonds. The molecule has 1 fully saturated rings. The SMILES string of the molecule is CC(C)(C)OC(=O)NC(=BOC#N)N1CCN(c2cc(F)c(C=O)c(F)c2)CC1. The van der Waals surface area contributed by atoms with Gasteiger partial charge in [0, 0.05) is 0 Å². The molecule has 0 atom stereocenters. The molecule has 8 nitrogen and oxygen atoms in total. The first-order valence-corrected chi connectivity index (χ1v) is 8.83. The molecule has 0 unspecified atom stereocenters. The summed E-state index contributed by atoms with van der Waals surface area (Å²) in [7, 11) is 1.10. The van der Waals surface area contributed by atoms with Crippen LogP contribution in [0.25, 0.3) is 0 Å². The fourth-order valence-corrected chi connectivity index (χ4v) is 2.75. The summed E-state index contributed by atoms with van der Waals surface area (Å²) in [6, 6.07) is 2.22. The number of benzene rings is 1. The summed E-state index contributed by atoms with van der Waals surface area (Å²) in [4.78, 5) is 26.2. The van der Waals surface area contributed by atoms with Crippen molar-refractivity contribution in [3.63, 3.8) is 0 Å². The number of nitrogens with one attached hydrogen (secondary N) is 1. The zero-order valence-electron chi connectivity index (χ0n) is 16.4. The summed E-state index contributed by atoms with van der Waals surface area (Å²) in [6.45, 7) is 6.64. The molecule has 1 aromatic carbocycles. The molecular weight excluding hydrogens is 385 g/mol. The Morgan fingerprint density at radius 3 is 2.31 bits per heavy atom. The molecule has 154 valence electrons. The summed E-state index contributed by atoms with van der Waals surface area (Å²) in [5.41, 5.74) is -0.766. The number of carbonyl (C=O) groups is 2. The molecule has 29 heavy (non-hydrogen) atoms. The van der Waals surface area contributed by atoms with Gasteiger partial charge in [-0.15, -0.1) is 0 Å². The van der Waals surface area contributed by atoms with E-state index in [0.29, 0.717) is 31.9 Å². The normalized spacial score (nSPS) is 14.6. The number of ether oxygens (including phenoxy) is 1. The van der Waals surface area contributed by atoms with Gasteiger partial charge in [0.15, 0.2) is 0 Å². The third-order valence-electron chi connectivity index (χ3n) is 4.02. The third-order valence-corrected chi connectivity index (χ3v) is 4.02. The van der Waals surface area contributed by atoms with E-state index in [9.17, 15) is 18.4 Å². The molecule has 0 aliphatic carbocycles. The molecule has 1 saturated heterocycles. The van der Waals surface area contributed by atoms with Crippen LogP contribution in [0.1, 0.15) is 31.1 Å². The number of halogens is 2. The number of carbonyl (C=O) groups excluding carboxylic acids is 2. The molecule has 0 aromatic heterocycles. The molecule has 2 rings (SSSR count). The summed E-state index contributed by atoms with van der Waals surface area (Å²) < 4.78 is 37.6. The zero-order chi connectivity index (χ0) is 21.6. The van der Waals surface area contributed by atoms with Gasteiger partial charge in [0.25, 0.3) is 0 Å². The molecule has 0 saturated carbocycles. The number of rotatable bonds is 5. The van der Waals surface area contributed by atoms with Crippen molar-refractivity contribution < 1.29 is 27.8 Å². The quantitative estimate of drug-likeness (QED) is 0.451. The van der Waals surface area contributed by atoms with E-state index in [4.69, 9.17) is 10.00 Å². The van der Waals surface area contributed by atoms with Crippen molar-refractivity contribution in [1.29, 1.82) is 5.26 Å². The fourth-order valence-electron chi connectivity index (χ4n) is 2.75. The van der Waals surface area contributed by atoms with Crippen molar-refractivity contribution in [2.24, 2.45) is 0 Å². The maximum absolute atomic E-state index is 13.9. The predicted octanol–water partition coefficient (Wildman–Crippen LogP) is 1.63. The Bertz CT molecular complexity index is 820. The molecule has 1 aromatic rings. The van der Waals surface area contributed by atoms with Crippen LogP contribution < -0.4 is 10.2 Å². The monoisotopic (exact) mass is 406 g/mol. The molecule has 0 radical (unpaired) electrons. The second-order valence-corrected chi connectivity index (χ2v) is 7.25. The Labute approximate surface area is 167 Å². The van der Waals surface area contributed by atoms with Crippen LogP contribution in [0.15, 0.2) is 12.1 Å². The maximum atomic E-state index is 13.9. The van der Waals surface area contributed by atoms with E-state index in [1.807, 2.05) is 0 Å². The Kier molecular flexibility index (Phi) is 7.15. The second-order valence-electron chi connectivity index (χ2n) is 7.25. The Morgan fingerprint density at radius 2 is 1.83 bits per heavy atom. The predicted molar refractivity (Wildman–Crippen MR) is 102 cm³/mol. The number of aldehydes is 1. The van der Waals surface area contributed by atoms with Gasteiger partial charge in [-0.25, -0.2) is 0 Å². The molecule has 1 aliphatic rings. The van der Waals surface area contributed by atoms with Crippen LogP contribution in [0.3, 0.4) is 0 Å². The molecule has 11 heteroatoms. The van der Waals surface area contributed by atoms with Crippen molar-refractivity contribution in [3.8, 4) is 6.26 Å². The topological polar surface area (TPSA) is 94.9 Å². The Hall–Kier alpha value is -3.16. The van der Waals surface area contributed by atoms with Crippen molar-refractivity contribution in [2.45, 2.75) is 26.4 Å². The summed E-state index contributed by atoms with van der Waals surface area (Å²) >= 11 is 0. The number of hydrogen-bond donors (Lipinski definition) is 1. The standard InChI is InChI=1S/C18H21BF2N4O4/c1-18(2,3)29-17(27)23-16(19-28-11-22)25-6-4-24(5-7-25)12-8-14(20)13(10-26)15(21)9-12/h8-10H,4-7H2,1-3H3,(H,23,27). The van der Waals surface area contributed by atoms with Gasteiger partial charge < -0.3 is 0 Å². The molecule has 0 spiro atoms. The molecule has 1 aliphatic heterocycles. The summed E-state index contributed by atoms with van der Waals surface area (Å²) in [6.07, 6.45) is 0.932. The number of piperazine rings is 1. The van der Waals surface area contributed by atoms with Crippen molar-refractivity contribution in [3.05, 3.63) is 29.3 Å². The average molecular weight is 406 g/mol. The minimum absolute atomic E-state index is 0.140. The number of amides is 1. The third kappa shape index (κ3) is 6.17. The van der Waals surface area contributed by atoms with Gasteiger partial charge in [-0.3, -0.25) is 0 Å². The van der Waals surface area contributed by atoms with E-state index in [0.717, 1.165) is 19.3 Å². The van der Waals surface area contributed by atoms with Crippen LogP contribution in [-0.4, -0.2) is 61.9 Å². The van der Waals surface area contributed by atoms with Crippen LogP contribution in [-0.2, 0) is 9.39 Å². The first-order valence-electron chi connectivity index (χ1n) is 8.83. The number of nitriles is 1. The fraction of sp³-hybridized carbons (Fsp3) is 0.444. The van der Waals surface area contributed by atoms with Gasteiger partial charge in [0.05, 0.1) is 0 Å². The second kappa shape index (κ2) is 9.36. The van der Waals surface area contributed by atoms with Crippen LogP contribution in [0, 0.1) is 23.2 Å². The zero-order valence-corrected chi connectivity index (χ0v) is 16.4. The Balaban J connectivity index is 2.07. The number of anilines is 1. The van der Waals surface area contributed by atoms with Crippen LogP contribution >= 0.6 is 0 Å². The molecule has 0 bridgehead atoms.